The number of hydrogen-bond donors (Lipinski definition) is 0. The molecule has 0 aliphatic carbocycles. The van der Waals surface area contributed by atoms with E-state index in [1.807, 2.05) is 0 Å². The maximum atomic E-state index is 5.75. The van der Waals surface area contributed by atoms with E-state index in [2.05, 4.69) is 0 Å². The summed E-state index contributed by atoms with van der Waals surface area (Å²) in [6.07, 6.45) is 0. The smallest absolute Gasteiger partial charge is 0.680 e. The molecule has 0 bridgehead atoms. The first-order valence-electron chi connectivity index (χ1n) is 1.50. The molecule has 0 unspecified atom stereocenters. The summed E-state index contributed by atoms with van der Waals surface area (Å²) >= 11 is 0. The van der Waals surface area contributed by atoms with Gasteiger partial charge in [0.2, 0.25) is 0 Å². The Kier molecular flexibility index (Phi) is 751. The zero-order valence-electron chi connectivity index (χ0n) is 6.21. The topological polar surface area (TPSA) is 71.4 Å². The van der Waals surface area contributed by atoms with Gasteiger partial charge in [0, 0.05) is 0 Å². The second-order valence-electron chi connectivity index (χ2n) is 0. The molecule has 5 heteroatoms. The standard InChI is InChI=1S/3CH4N.Be.K/c3*1-2;;/h3*2H,1H3;;/q3*-1;+2;+1. The van der Waals surface area contributed by atoms with Gasteiger partial charge in [-0.2, -0.15) is 21.1 Å². The fourth-order valence-corrected chi connectivity index (χ4v) is 0. The molecule has 0 saturated carbocycles. The normalized spacial score (nSPS) is 2.25. The van der Waals surface area contributed by atoms with Crippen LogP contribution in [0.25, 0.3) is 17.2 Å². The molecule has 0 fully saturated rings. The number of nitrogens with one attached hydrogen (secondary N) is 3. The van der Waals surface area contributed by atoms with Gasteiger partial charge in [0.25, 0.3) is 0 Å². The fraction of sp³-hybridized carbons (Fsp3) is 1.00. The molecular formula is C3H12BeKN3. The molecule has 0 atom stereocenters. The van der Waals surface area contributed by atoms with Gasteiger partial charge in [0.1, 0.15) is 0 Å². The van der Waals surface area contributed by atoms with E-state index in [1.165, 1.54) is 21.1 Å². The Morgan fingerprint density at radius 2 is 0.625 bits per heavy atom. The van der Waals surface area contributed by atoms with E-state index < -0.39 is 0 Å². The molecule has 8 heavy (non-hydrogen) atoms. The summed E-state index contributed by atoms with van der Waals surface area (Å²) < 4.78 is 0. The quantitative estimate of drug-likeness (QED) is 0.370. The largest absolute Gasteiger partial charge is 2.00 e. The van der Waals surface area contributed by atoms with Crippen molar-refractivity contribution in [3.05, 3.63) is 17.2 Å². The first-order chi connectivity index (χ1) is 3.00. The molecule has 0 heterocycles. The minimum Gasteiger partial charge on any atom is -0.680 e. The average molecular weight is 138 g/mol. The van der Waals surface area contributed by atoms with E-state index in [-0.39, 0.29) is 61.5 Å². The van der Waals surface area contributed by atoms with Crippen molar-refractivity contribution < 1.29 is 51.4 Å². The van der Waals surface area contributed by atoms with Crippen LogP contribution in [0.3, 0.4) is 0 Å². The van der Waals surface area contributed by atoms with E-state index in [0.29, 0.717) is 0 Å². The first-order valence-corrected chi connectivity index (χ1v) is 1.50. The van der Waals surface area contributed by atoms with Crippen LogP contribution < -0.4 is 51.4 Å². The van der Waals surface area contributed by atoms with Crippen molar-refractivity contribution in [3.8, 4) is 0 Å². The summed E-state index contributed by atoms with van der Waals surface area (Å²) in [6, 6.07) is 0. The van der Waals surface area contributed by atoms with Gasteiger partial charge >= 0.3 is 61.5 Å². The molecule has 0 aliphatic heterocycles. The minimum atomic E-state index is 0. The van der Waals surface area contributed by atoms with Crippen LogP contribution in [-0.4, -0.2) is 31.3 Å². The predicted molar refractivity (Wildman–Crippen MR) is 36.5 cm³/mol. The van der Waals surface area contributed by atoms with Crippen LogP contribution in [0.1, 0.15) is 0 Å². The molecule has 0 radical (unpaired) electrons. The van der Waals surface area contributed by atoms with Crippen LogP contribution >= 0.6 is 0 Å². The van der Waals surface area contributed by atoms with Crippen LogP contribution in [0.4, 0.5) is 0 Å². The van der Waals surface area contributed by atoms with Gasteiger partial charge in [-0.15, -0.1) is 0 Å². The molecule has 0 aromatic carbocycles. The molecule has 3 N–H and O–H groups in total. The van der Waals surface area contributed by atoms with Gasteiger partial charge in [-0.05, 0) is 0 Å². The van der Waals surface area contributed by atoms with Crippen molar-refractivity contribution in [1.29, 1.82) is 0 Å². The van der Waals surface area contributed by atoms with E-state index in [9.17, 15) is 0 Å². The van der Waals surface area contributed by atoms with Crippen LogP contribution in [0.5, 0.6) is 0 Å². The summed E-state index contributed by atoms with van der Waals surface area (Å²) in [6.45, 7) is 0. The summed E-state index contributed by atoms with van der Waals surface area (Å²) in [7, 11) is 3.75. The third kappa shape index (κ3) is 121. The Hall–Kier alpha value is 1.69. The summed E-state index contributed by atoms with van der Waals surface area (Å²) in [5, 5.41) is 0. The molecule has 0 spiro atoms. The maximum Gasteiger partial charge on any atom is 2.00 e. The van der Waals surface area contributed by atoms with Crippen LogP contribution in [0.15, 0.2) is 0 Å². The van der Waals surface area contributed by atoms with Crippen molar-refractivity contribution in [1.82, 2.24) is 0 Å². The zero-order chi connectivity index (χ0) is 6.00. The summed E-state index contributed by atoms with van der Waals surface area (Å²) in [4.78, 5) is 0. The number of hydrogen-bond acceptors (Lipinski definition) is 0. The SMILES string of the molecule is C[NH-].C[NH-].C[NH-].[Be+2].[K+]. The third-order valence-electron chi connectivity index (χ3n) is 0. The summed E-state index contributed by atoms with van der Waals surface area (Å²) in [5.74, 6) is 0. The van der Waals surface area contributed by atoms with Crippen molar-refractivity contribution in [3.63, 3.8) is 0 Å². The Morgan fingerprint density at radius 3 is 0.625 bits per heavy atom. The van der Waals surface area contributed by atoms with Gasteiger partial charge in [-0.1, -0.05) is 0 Å². The van der Waals surface area contributed by atoms with Crippen molar-refractivity contribution in [2.45, 2.75) is 0 Å². The van der Waals surface area contributed by atoms with Crippen molar-refractivity contribution >= 4 is 10.1 Å². The number of rotatable bonds is 0. The molecule has 0 aromatic rings. The predicted octanol–water partition coefficient (Wildman–Crippen LogP) is -1.37. The second kappa shape index (κ2) is 181. The van der Waals surface area contributed by atoms with Crippen LogP contribution in [0, 0.1) is 0 Å². The van der Waals surface area contributed by atoms with Crippen molar-refractivity contribution in [2.24, 2.45) is 0 Å². The second-order valence-corrected chi connectivity index (χ2v) is 0. The van der Waals surface area contributed by atoms with Gasteiger partial charge in [0.15, 0.2) is 0 Å². The Morgan fingerprint density at radius 1 is 0.625 bits per heavy atom. The summed E-state index contributed by atoms with van der Waals surface area (Å²) in [5.41, 5.74) is 17.2. The average Bonchev–Trinajstić information content (AvgIpc) is 1.81. The molecule has 0 rings (SSSR count). The molecule has 0 amide bonds. The van der Waals surface area contributed by atoms with Crippen LogP contribution in [-0.2, 0) is 0 Å². The third-order valence-corrected chi connectivity index (χ3v) is 0. The molecular weight excluding hydrogens is 126 g/mol. The van der Waals surface area contributed by atoms with Crippen LogP contribution in [0.2, 0.25) is 0 Å². The molecule has 0 saturated heterocycles. The van der Waals surface area contributed by atoms with Gasteiger partial charge in [-0.25, -0.2) is 0 Å². The van der Waals surface area contributed by atoms with E-state index in [4.69, 9.17) is 17.2 Å². The van der Waals surface area contributed by atoms with Gasteiger partial charge in [-0.3, -0.25) is 0 Å². The zero-order valence-corrected chi connectivity index (χ0v) is 9.33. The molecule has 3 nitrogen and oxygen atoms in total. The van der Waals surface area contributed by atoms with Gasteiger partial charge < -0.3 is 17.2 Å². The maximum absolute atomic E-state index is 5.75. The molecule has 0 aliphatic rings. The Bertz CT molecular complexity index is 14.5. The van der Waals surface area contributed by atoms with E-state index in [1.54, 1.807) is 0 Å². The fourth-order valence-electron chi connectivity index (χ4n) is 0. The molecule has 42 valence electrons. The Labute approximate surface area is 98.4 Å². The molecule has 0 aromatic heterocycles. The monoisotopic (exact) mass is 138 g/mol. The first kappa shape index (κ1) is 33.3. The van der Waals surface area contributed by atoms with Gasteiger partial charge in [0.05, 0.1) is 0 Å². The van der Waals surface area contributed by atoms with Crippen molar-refractivity contribution in [2.75, 3.05) is 21.1 Å². The Balaban J connectivity index is -0.00000000500. The van der Waals surface area contributed by atoms with E-state index in [0.717, 1.165) is 0 Å². The van der Waals surface area contributed by atoms with E-state index >= 15 is 0 Å². The minimum absolute atomic E-state index is 0.